The average molecular weight is 440 g/mol. The molecule has 1 amide bonds. The van der Waals surface area contributed by atoms with Crippen molar-refractivity contribution in [2.24, 2.45) is 5.92 Å². The van der Waals surface area contributed by atoms with E-state index in [1.807, 2.05) is 40.1 Å². The van der Waals surface area contributed by atoms with E-state index in [2.05, 4.69) is 0 Å². The van der Waals surface area contributed by atoms with Gasteiger partial charge < -0.3 is 10.6 Å². The molecule has 0 bridgehead atoms. The highest BCUT2D eigenvalue weighted by Crippen LogP contribution is 2.31. The van der Waals surface area contributed by atoms with Gasteiger partial charge in [0.2, 0.25) is 5.91 Å². The van der Waals surface area contributed by atoms with Gasteiger partial charge in [-0.05, 0) is 25.3 Å². The number of nitrogens with zero attached hydrogens (tertiary/aromatic N) is 4. The summed E-state index contributed by atoms with van der Waals surface area (Å²) in [6, 6.07) is 9.29. The molecule has 1 aromatic carbocycles. The molecule has 1 aromatic heterocycles. The molecule has 0 atom stereocenters. The van der Waals surface area contributed by atoms with Crippen LogP contribution in [0.15, 0.2) is 39.9 Å². The molecule has 1 saturated heterocycles. The van der Waals surface area contributed by atoms with Gasteiger partial charge in [0.15, 0.2) is 5.78 Å². The molecular formula is C23H29N5O4. The molecule has 2 aliphatic rings. The van der Waals surface area contributed by atoms with E-state index in [0.29, 0.717) is 26.2 Å². The molecule has 2 heterocycles. The standard InChI is InChI=1S/C23H29N5O4/c1-2-27-22(31)19(20(24)28(23(27)32)14-16-6-4-3-5-7-16)18(29)15-25-10-12-26(13-11-25)21(30)17-8-9-17/h3-7,17H,2,8-15,24H2,1H3. The summed E-state index contributed by atoms with van der Waals surface area (Å²) in [5, 5.41) is 0. The highest BCUT2D eigenvalue weighted by atomic mass is 16.2. The average Bonchev–Trinajstić information content (AvgIpc) is 3.63. The van der Waals surface area contributed by atoms with Gasteiger partial charge in [-0.3, -0.25) is 28.4 Å². The van der Waals surface area contributed by atoms with Crippen LogP contribution in [0.1, 0.15) is 35.7 Å². The van der Waals surface area contributed by atoms with Crippen LogP contribution in [-0.4, -0.2) is 63.3 Å². The lowest BCUT2D eigenvalue weighted by Crippen LogP contribution is -2.51. The SMILES string of the molecule is CCn1c(=O)c(C(=O)CN2CCN(C(=O)C3CC3)CC2)c(N)n(Cc2ccccc2)c1=O. The Morgan fingerprint density at radius 3 is 2.25 bits per heavy atom. The van der Waals surface area contributed by atoms with E-state index in [4.69, 9.17) is 5.73 Å². The lowest BCUT2D eigenvalue weighted by atomic mass is 10.1. The number of amides is 1. The molecule has 0 radical (unpaired) electrons. The molecule has 2 aromatic rings. The van der Waals surface area contributed by atoms with Crippen molar-refractivity contribution in [1.82, 2.24) is 18.9 Å². The van der Waals surface area contributed by atoms with Crippen molar-refractivity contribution in [2.45, 2.75) is 32.9 Å². The number of nitrogen functional groups attached to an aromatic ring is 1. The van der Waals surface area contributed by atoms with E-state index >= 15 is 0 Å². The van der Waals surface area contributed by atoms with Crippen molar-refractivity contribution in [3.8, 4) is 0 Å². The fourth-order valence-corrected chi connectivity index (χ4v) is 4.17. The number of ketones is 1. The van der Waals surface area contributed by atoms with Crippen LogP contribution in [0.3, 0.4) is 0 Å². The maximum Gasteiger partial charge on any atom is 0.332 e. The number of hydrogen-bond acceptors (Lipinski definition) is 6. The second-order valence-electron chi connectivity index (χ2n) is 8.46. The molecular weight excluding hydrogens is 410 g/mol. The summed E-state index contributed by atoms with van der Waals surface area (Å²) in [5.41, 5.74) is 5.76. The number of aromatic nitrogens is 2. The molecule has 1 aliphatic heterocycles. The molecule has 1 saturated carbocycles. The van der Waals surface area contributed by atoms with Crippen molar-refractivity contribution >= 4 is 17.5 Å². The number of piperazine rings is 1. The van der Waals surface area contributed by atoms with E-state index in [1.54, 1.807) is 6.92 Å². The highest BCUT2D eigenvalue weighted by molar-refractivity contribution is 6.01. The van der Waals surface area contributed by atoms with Crippen molar-refractivity contribution < 1.29 is 9.59 Å². The Labute approximate surface area is 186 Å². The van der Waals surface area contributed by atoms with Gasteiger partial charge >= 0.3 is 5.69 Å². The first kappa shape index (κ1) is 22.0. The molecule has 170 valence electrons. The Morgan fingerprint density at radius 1 is 1.00 bits per heavy atom. The zero-order valence-electron chi connectivity index (χ0n) is 18.3. The Balaban J connectivity index is 1.55. The van der Waals surface area contributed by atoms with Crippen LogP contribution in [0.25, 0.3) is 0 Å². The summed E-state index contributed by atoms with van der Waals surface area (Å²) in [5.74, 6) is -0.111. The number of hydrogen-bond donors (Lipinski definition) is 1. The minimum absolute atomic E-state index is 0.0259. The fraction of sp³-hybridized carbons (Fsp3) is 0.478. The normalized spacial score (nSPS) is 16.8. The van der Waals surface area contributed by atoms with Crippen LogP contribution in [-0.2, 0) is 17.9 Å². The van der Waals surface area contributed by atoms with Crippen LogP contribution in [0.4, 0.5) is 5.82 Å². The van der Waals surface area contributed by atoms with Crippen molar-refractivity contribution in [1.29, 1.82) is 0 Å². The number of nitrogens with two attached hydrogens (primary N) is 1. The third kappa shape index (κ3) is 4.38. The van der Waals surface area contributed by atoms with Gasteiger partial charge in [-0.1, -0.05) is 30.3 Å². The maximum absolute atomic E-state index is 13.1. The van der Waals surface area contributed by atoms with Gasteiger partial charge in [0.25, 0.3) is 5.56 Å². The number of rotatable bonds is 7. The molecule has 0 unspecified atom stereocenters. The summed E-state index contributed by atoms with van der Waals surface area (Å²) in [6.07, 6.45) is 1.94. The summed E-state index contributed by atoms with van der Waals surface area (Å²) >= 11 is 0. The number of carbonyl (C=O) groups is 2. The van der Waals surface area contributed by atoms with Gasteiger partial charge in [-0.25, -0.2) is 4.79 Å². The minimum Gasteiger partial charge on any atom is -0.384 e. The number of carbonyl (C=O) groups excluding carboxylic acids is 2. The molecule has 9 heteroatoms. The Bertz CT molecular complexity index is 1130. The molecule has 32 heavy (non-hydrogen) atoms. The molecule has 4 rings (SSSR count). The number of Topliss-reactive ketones (excluding diaryl/α,β-unsaturated/α-hetero) is 1. The minimum atomic E-state index is -0.646. The van der Waals surface area contributed by atoms with Crippen LogP contribution in [0.5, 0.6) is 0 Å². The smallest absolute Gasteiger partial charge is 0.332 e. The van der Waals surface area contributed by atoms with Gasteiger partial charge in [0.1, 0.15) is 11.4 Å². The molecule has 0 spiro atoms. The van der Waals surface area contributed by atoms with Crippen molar-refractivity contribution in [2.75, 3.05) is 38.5 Å². The highest BCUT2D eigenvalue weighted by Gasteiger charge is 2.35. The summed E-state index contributed by atoms with van der Waals surface area (Å²) in [7, 11) is 0. The predicted octanol–water partition coefficient (Wildman–Crippen LogP) is 0.397. The maximum atomic E-state index is 13.1. The zero-order valence-corrected chi connectivity index (χ0v) is 18.3. The predicted molar refractivity (Wildman–Crippen MR) is 121 cm³/mol. The van der Waals surface area contributed by atoms with E-state index in [-0.39, 0.29) is 42.8 Å². The Kier molecular flexibility index (Phi) is 6.27. The quantitative estimate of drug-likeness (QED) is 0.625. The van der Waals surface area contributed by atoms with Gasteiger partial charge in [-0.2, -0.15) is 0 Å². The first-order valence-corrected chi connectivity index (χ1v) is 11.1. The lowest BCUT2D eigenvalue weighted by molar-refractivity contribution is -0.134. The molecule has 2 fully saturated rings. The Morgan fingerprint density at radius 2 is 1.66 bits per heavy atom. The largest absolute Gasteiger partial charge is 0.384 e. The van der Waals surface area contributed by atoms with Crippen molar-refractivity contribution in [3.63, 3.8) is 0 Å². The van der Waals surface area contributed by atoms with Crippen LogP contribution in [0, 0.1) is 5.92 Å². The lowest BCUT2D eigenvalue weighted by Gasteiger charge is -2.34. The first-order valence-electron chi connectivity index (χ1n) is 11.1. The number of anilines is 1. The third-order valence-electron chi connectivity index (χ3n) is 6.22. The van der Waals surface area contributed by atoms with E-state index in [1.165, 1.54) is 4.57 Å². The van der Waals surface area contributed by atoms with Gasteiger partial charge in [-0.15, -0.1) is 0 Å². The molecule has 2 N–H and O–H groups in total. The molecule has 1 aliphatic carbocycles. The topological polar surface area (TPSA) is 111 Å². The van der Waals surface area contributed by atoms with Crippen LogP contribution >= 0.6 is 0 Å². The van der Waals surface area contributed by atoms with E-state index in [0.717, 1.165) is 23.0 Å². The fourth-order valence-electron chi connectivity index (χ4n) is 4.17. The summed E-state index contributed by atoms with van der Waals surface area (Å²) in [4.78, 5) is 55.0. The summed E-state index contributed by atoms with van der Waals surface area (Å²) < 4.78 is 2.35. The second-order valence-corrected chi connectivity index (χ2v) is 8.46. The molecule has 9 nitrogen and oxygen atoms in total. The monoisotopic (exact) mass is 439 g/mol. The summed E-state index contributed by atoms with van der Waals surface area (Å²) in [6.45, 7) is 4.32. The van der Waals surface area contributed by atoms with E-state index < -0.39 is 17.0 Å². The number of benzene rings is 1. The first-order chi connectivity index (χ1) is 15.4. The van der Waals surface area contributed by atoms with Gasteiger partial charge in [0.05, 0.1) is 13.1 Å². The Hall–Kier alpha value is -3.20. The van der Waals surface area contributed by atoms with E-state index in [9.17, 15) is 19.2 Å². The van der Waals surface area contributed by atoms with Gasteiger partial charge in [0, 0.05) is 38.6 Å². The van der Waals surface area contributed by atoms with Crippen LogP contribution in [0.2, 0.25) is 0 Å². The zero-order chi connectivity index (χ0) is 22.8. The second kappa shape index (κ2) is 9.12. The van der Waals surface area contributed by atoms with Crippen LogP contribution < -0.4 is 17.0 Å². The van der Waals surface area contributed by atoms with Crippen molar-refractivity contribution in [3.05, 3.63) is 62.3 Å². The third-order valence-corrected chi connectivity index (χ3v) is 6.22.